The highest BCUT2D eigenvalue weighted by Crippen LogP contribution is 2.22. The molecule has 0 aromatic heterocycles. The van der Waals surface area contributed by atoms with E-state index in [9.17, 15) is 9.59 Å². The normalized spacial score (nSPS) is 25.1. The second kappa shape index (κ2) is 6.37. The van der Waals surface area contributed by atoms with E-state index in [1.165, 1.54) is 6.42 Å². The van der Waals surface area contributed by atoms with Crippen LogP contribution in [0.15, 0.2) is 0 Å². The third kappa shape index (κ3) is 3.69. The zero-order valence-electron chi connectivity index (χ0n) is 11.7. The van der Waals surface area contributed by atoms with Gasteiger partial charge in [0.1, 0.15) is 0 Å². The first-order valence-electron chi connectivity index (χ1n) is 7.33. The molecule has 0 aliphatic carbocycles. The van der Waals surface area contributed by atoms with Crippen molar-refractivity contribution < 1.29 is 14.7 Å². The first kappa shape index (κ1) is 14.3. The Morgan fingerprint density at radius 3 is 2.63 bits per heavy atom. The smallest absolute Gasteiger partial charge is 0.303 e. The van der Waals surface area contributed by atoms with Gasteiger partial charge in [-0.05, 0) is 31.6 Å². The number of carboxylic acid groups (broad SMARTS) is 1. The summed E-state index contributed by atoms with van der Waals surface area (Å²) in [4.78, 5) is 26.9. The van der Waals surface area contributed by atoms with Crippen LogP contribution in [0.5, 0.6) is 0 Å². The Labute approximate surface area is 114 Å². The number of hydrogen-bond donors (Lipinski definition) is 1. The fraction of sp³-hybridized carbons (Fsp3) is 0.857. The standard InChI is InChI=1S/C14H24N2O3/c1-2-12-5-3-4-6-16(12)13(17)10-15-8-11(9-15)7-14(18)19/h11-12H,2-10H2,1H3,(H,18,19). The van der Waals surface area contributed by atoms with Gasteiger partial charge in [0.2, 0.25) is 5.91 Å². The molecule has 108 valence electrons. The molecule has 0 saturated carbocycles. The highest BCUT2D eigenvalue weighted by molar-refractivity contribution is 5.79. The summed E-state index contributed by atoms with van der Waals surface area (Å²) in [7, 11) is 0. The van der Waals surface area contributed by atoms with Crippen LogP contribution in [-0.4, -0.2) is 59.0 Å². The largest absolute Gasteiger partial charge is 0.481 e. The minimum atomic E-state index is -0.738. The number of piperidine rings is 1. The van der Waals surface area contributed by atoms with Crippen molar-refractivity contribution in [1.29, 1.82) is 0 Å². The predicted molar refractivity (Wildman–Crippen MR) is 71.8 cm³/mol. The number of carbonyl (C=O) groups is 2. The third-order valence-electron chi connectivity index (χ3n) is 4.27. The quantitative estimate of drug-likeness (QED) is 0.813. The van der Waals surface area contributed by atoms with Gasteiger partial charge in [0.25, 0.3) is 0 Å². The van der Waals surface area contributed by atoms with Crippen molar-refractivity contribution in [1.82, 2.24) is 9.80 Å². The van der Waals surface area contributed by atoms with Crippen LogP contribution in [0.4, 0.5) is 0 Å². The zero-order valence-corrected chi connectivity index (χ0v) is 11.7. The van der Waals surface area contributed by atoms with Gasteiger partial charge in [-0.15, -0.1) is 0 Å². The van der Waals surface area contributed by atoms with Crippen molar-refractivity contribution in [2.24, 2.45) is 5.92 Å². The fourth-order valence-electron chi connectivity index (χ4n) is 3.22. The topological polar surface area (TPSA) is 60.9 Å². The molecular formula is C14H24N2O3. The number of rotatable bonds is 5. The van der Waals surface area contributed by atoms with E-state index >= 15 is 0 Å². The SMILES string of the molecule is CCC1CCCCN1C(=O)CN1CC(CC(=O)O)C1. The highest BCUT2D eigenvalue weighted by atomic mass is 16.4. The van der Waals surface area contributed by atoms with Gasteiger partial charge in [-0.1, -0.05) is 6.92 Å². The second-order valence-corrected chi connectivity index (χ2v) is 5.80. The number of amides is 1. The molecular weight excluding hydrogens is 244 g/mol. The Bertz CT molecular complexity index is 340. The summed E-state index contributed by atoms with van der Waals surface area (Å²) in [6.45, 7) is 5.00. The number of nitrogens with zero attached hydrogens (tertiary/aromatic N) is 2. The van der Waals surface area contributed by atoms with Gasteiger partial charge in [0, 0.05) is 25.7 Å². The number of carbonyl (C=O) groups excluding carboxylic acids is 1. The second-order valence-electron chi connectivity index (χ2n) is 5.80. The summed E-state index contributed by atoms with van der Waals surface area (Å²) >= 11 is 0. The molecule has 5 nitrogen and oxygen atoms in total. The van der Waals surface area contributed by atoms with E-state index in [4.69, 9.17) is 5.11 Å². The number of likely N-dealkylation sites (tertiary alicyclic amines) is 2. The lowest BCUT2D eigenvalue weighted by Crippen LogP contribution is -2.54. The lowest BCUT2D eigenvalue weighted by Gasteiger charge is -2.41. The van der Waals surface area contributed by atoms with Crippen LogP contribution in [0, 0.1) is 5.92 Å². The molecule has 2 fully saturated rings. The van der Waals surface area contributed by atoms with E-state index in [1.54, 1.807) is 0 Å². The summed E-state index contributed by atoms with van der Waals surface area (Å²) in [5.41, 5.74) is 0. The first-order valence-corrected chi connectivity index (χ1v) is 7.33. The Morgan fingerprint density at radius 2 is 2.00 bits per heavy atom. The molecule has 1 atom stereocenters. The van der Waals surface area contributed by atoms with Crippen molar-refractivity contribution in [2.75, 3.05) is 26.2 Å². The summed E-state index contributed by atoms with van der Waals surface area (Å²) in [5, 5.41) is 8.69. The van der Waals surface area contributed by atoms with E-state index in [0.717, 1.165) is 38.9 Å². The van der Waals surface area contributed by atoms with Crippen molar-refractivity contribution in [3.05, 3.63) is 0 Å². The molecule has 1 N–H and O–H groups in total. The summed E-state index contributed by atoms with van der Waals surface area (Å²) in [5.74, 6) is -0.285. The zero-order chi connectivity index (χ0) is 13.8. The molecule has 0 aromatic carbocycles. The molecule has 2 aliphatic heterocycles. The van der Waals surface area contributed by atoms with Crippen LogP contribution in [0.2, 0.25) is 0 Å². The molecule has 2 rings (SSSR count). The van der Waals surface area contributed by atoms with Crippen molar-refractivity contribution in [3.63, 3.8) is 0 Å². The van der Waals surface area contributed by atoms with Crippen LogP contribution in [0.25, 0.3) is 0 Å². The molecule has 2 heterocycles. The van der Waals surface area contributed by atoms with E-state index in [1.807, 2.05) is 4.90 Å². The fourth-order valence-corrected chi connectivity index (χ4v) is 3.22. The van der Waals surface area contributed by atoms with Gasteiger partial charge < -0.3 is 10.0 Å². The number of carboxylic acids is 1. The molecule has 5 heteroatoms. The average molecular weight is 268 g/mol. The third-order valence-corrected chi connectivity index (χ3v) is 4.27. The van der Waals surface area contributed by atoms with Crippen molar-refractivity contribution >= 4 is 11.9 Å². The van der Waals surface area contributed by atoms with E-state index < -0.39 is 5.97 Å². The number of aliphatic carboxylic acids is 1. The molecule has 19 heavy (non-hydrogen) atoms. The summed E-state index contributed by atoms with van der Waals surface area (Å²) in [6.07, 6.45) is 4.74. The van der Waals surface area contributed by atoms with Crippen molar-refractivity contribution in [2.45, 2.75) is 45.1 Å². The Kier molecular flexibility index (Phi) is 4.80. The summed E-state index contributed by atoms with van der Waals surface area (Å²) in [6, 6.07) is 0.414. The van der Waals surface area contributed by atoms with Gasteiger partial charge in [-0.3, -0.25) is 14.5 Å². The minimum Gasteiger partial charge on any atom is -0.481 e. The maximum atomic E-state index is 12.3. The van der Waals surface area contributed by atoms with E-state index in [0.29, 0.717) is 12.6 Å². The molecule has 0 bridgehead atoms. The maximum absolute atomic E-state index is 12.3. The first-order chi connectivity index (χ1) is 9.10. The molecule has 2 saturated heterocycles. The molecule has 2 aliphatic rings. The Balaban J connectivity index is 1.74. The van der Waals surface area contributed by atoms with Gasteiger partial charge in [-0.25, -0.2) is 0 Å². The molecule has 0 radical (unpaired) electrons. The molecule has 1 unspecified atom stereocenters. The molecule has 0 aromatic rings. The highest BCUT2D eigenvalue weighted by Gasteiger charge is 2.32. The van der Waals surface area contributed by atoms with Crippen LogP contribution in [0.3, 0.4) is 0 Å². The van der Waals surface area contributed by atoms with Gasteiger partial charge in [0.05, 0.1) is 13.0 Å². The van der Waals surface area contributed by atoms with Gasteiger partial charge in [-0.2, -0.15) is 0 Å². The Hall–Kier alpha value is -1.10. The minimum absolute atomic E-state index is 0.223. The molecule has 0 spiro atoms. The van der Waals surface area contributed by atoms with E-state index in [-0.39, 0.29) is 18.2 Å². The van der Waals surface area contributed by atoms with Crippen molar-refractivity contribution in [3.8, 4) is 0 Å². The lowest BCUT2D eigenvalue weighted by molar-refractivity contribution is -0.141. The maximum Gasteiger partial charge on any atom is 0.303 e. The van der Waals surface area contributed by atoms with Crippen LogP contribution < -0.4 is 0 Å². The molecule has 1 amide bonds. The summed E-state index contributed by atoms with van der Waals surface area (Å²) < 4.78 is 0. The van der Waals surface area contributed by atoms with Gasteiger partial charge >= 0.3 is 5.97 Å². The Morgan fingerprint density at radius 1 is 1.26 bits per heavy atom. The van der Waals surface area contributed by atoms with Crippen LogP contribution in [0.1, 0.15) is 39.0 Å². The monoisotopic (exact) mass is 268 g/mol. The van der Waals surface area contributed by atoms with Crippen LogP contribution >= 0.6 is 0 Å². The lowest BCUT2D eigenvalue weighted by atomic mass is 9.96. The van der Waals surface area contributed by atoms with Gasteiger partial charge in [0.15, 0.2) is 0 Å². The predicted octanol–water partition coefficient (Wildman–Crippen LogP) is 1.18. The van der Waals surface area contributed by atoms with E-state index in [2.05, 4.69) is 11.8 Å². The van der Waals surface area contributed by atoms with Crippen LogP contribution in [-0.2, 0) is 9.59 Å². The number of hydrogen-bond acceptors (Lipinski definition) is 3. The average Bonchev–Trinajstić information content (AvgIpc) is 2.35.